The molecule has 1 saturated carbocycles. The normalized spacial score (nSPS) is 29.8. The predicted octanol–water partition coefficient (Wildman–Crippen LogP) is 4.39. The first kappa shape index (κ1) is 12.9. The SMILES string of the molecule is CC1(c2ccccc2)CC(O)(c2ccccc2Br)C1. The molecule has 1 aliphatic rings. The second-order valence-corrected chi connectivity index (χ2v) is 6.65. The summed E-state index contributed by atoms with van der Waals surface area (Å²) in [6.07, 6.45) is 1.54. The van der Waals surface area contributed by atoms with Crippen LogP contribution in [-0.2, 0) is 11.0 Å². The Morgan fingerprint density at radius 3 is 2.16 bits per heavy atom. The highest BCUT2D eigenvalue weighted by Gasteiger charge is 2.53. The van der Waals surface area contributed by atoms with Crippen LogP contribution in [-0.4, -0.2) is 5.11 Å². The number of hydrogen-bond donors (Lipinski definition) is 1. The van der Waals surface area contributed by atoms with Gasteiger partial charge in [0.25, 0.3) is 0 Å². The lowest BCUT2D eigenvalue weighted by Gasteiger charge is -2.52. The van der Waals surface area contributed by atoms with Gasteiger partial charge in [0.15, 0.2) is 0 Å². The summed E-state index contributed by atoms with van der Waals surface area (Å²) in [6.45, 7) is 2.23. The lowest BCUT2D eigenvalue weighted by molar-refractivity contribution is -0.0921. The summed E-state index contributed by atoms with van der Waals surface area (Å²) in [5.74, 6) is 0. The zero-order chi connectivity index (χ0) is 13.5. The van der Waals surface area contributed by atoms with Crippen LogP contribution >= 0.6 is 15.9 Å². The molecule has 0 atom stereocenters. The molecule has 0 bridgehead atoms. The Kier molecular flexibility index (Phi) is 3.03. The maximum Gasteiger partial charge on any atom is 0.0924 e. The zero-order valence-electron chi connectivity index (χ0n) is 10.9. The number of rotatable bonds is 2. The van der Waals surface area contributed by atoms with Gasteiger partial charge in [0.05, 0.1) is 5.60 Å². The van der Waals surface area contributed by atoms with Crippen molar-refractivity contribution in [1.82, 2.24) is 0 Å². The molecule has 0 heterocycles. The minimum absolute atomic E-state index is 0.0747. The van der Waals surface area contributed by atoms with Gasteiger partial charge in [0.2, 0.25) is 0 Å². The highest BCUT2D eigenvalue weighted by molar-refractivity contribution is 9.10. The van der Waals surface area contributed by atoms with Gasteiger partial charge in [-0.25, -0.2) is 0 Å². The summed E-state index contributed by atoms with van der Waals surface area (Å²) in [5, 5.41) is 10.8. The van der Waals surface area contributed by atoms with E-state index in [-0.39, 0.29) is 5.41 Å². The molecule has 0 saturated heterocycles. The third kappa shape index (κ3) is 2.13. The summed E-state index contributed by atoms with van der Waals surface area (Å²) >= 11 is 3.54. The predicted molar refractivity (Wildman–Crippen MR) is 81.1 cm³/mol. The van der Waals surface area contributed by atoms with Crippen LogP contribution in [0.15, 0.2) is 59.1 Å². The second kappa shape index (κ2) is 4.46. The molecule has 0 amide bonds. The molecule has 1 N–H and O–H groups in total. The van der Waals surface area contributed by atoms with E-state index in [4.69, 9.17) is 0 Å². The molecule has 2 heteroatoms. The van der Waals surface area contributed by atoms with Gasteiger partial charge in [0, 0.05) is 4.47 Å². The molecule has 1 fully saturated rings. The van der Waals surface area contributed by atoms with Crippen molar-refractivity contribution in [2.75, 3.05) is 0 Å². The Hall–Kier alpha value is -1.12. The Morgan fingerprint density at radius 2 is 1.53 bits per heavy atom. The van der Waals surface area contributed by atoms with Gasteiger partial charge in [-0.05, 0) is 35.4 Å². The molecule has 0 aromatic heterocycles. The zero-order valence-corrected chi connectivity index (χ0v) is 12.5. The van der Waals surface area contributed by atoms with Crippen molar-refractivity contribution >= 4 is 15.9 Å². The Labute approximate surface area is 122 Å². The van der Waals surface area contributed by atoms with E-state index in [1.54, 1.807) is 0 Å². The second-order valence-electron chi connectivity index (χ2n) is 5.79. The standard InChI is InChI=1S/C17H17BrO/c1-16(13-7-3-2-4-8-13)11-17(19,12-16)14-9-5-6-10-15(14)18/h2-10,19H,11-12H2,1H3. The summed E-state index contributed by atoms with van der Waals surface area (Å²) < 4.78 is 0.993. The largest absolute Gasteiger partial charge is 0.385 e. The molecule has 3 rings (SSSR count). The number of aliphatic hydroxyl groups is 1. The van der Waals surface area contributed by atoms with Gasteiger partial charge in [0.1, 0.15) is 0 Å². The smallest absolute Gasteiger partial charge is 0.0924 e. The highest BCUT2D eigenvalue weighted by atomic mass is 79.9. The molecule has 98 valence electrons. The minimum atomic E-state index is -0.704. The van der Waals surface area contributed by atoms with Gasteiger partial charge >= 0.3 is 0 Å². The van der Waals surface area contributed by atoms with Gasteiger partial charge in [-0.15, -0.1) is 0 Å². The Bertz CT molecular complexity index is 585. The van der Waals surface area contributed by atoms with E-state index in [1.165, 1.54) is 5.56 Å². The van der Waals surface area contributed by atoms with Crippen molar-refractivity contribution in [1.29, 1.82) is 0 Å². The van der Waals surface area contributed by atoms with E-state index < -0.39 is 5.60 Å². The molecule has 0 unspecified atom stereocenters. The lowest BCUT2D eigenvalue weighted by Crippen LogP contribution is -2.50. The van der Waals surface area contributed by atoms with Crippen LogP contribution in [0.5, 0.6) is 0 Å². The van der Waals surface area contributed by atoms with Crippen LogP contribution in [0.2, 0.25) is 0 Å². The Balaban J connectivity index is 1.88. The van der Waals surface area contributed by atoms with Gasteiger partial charge in [-0.3, -0.25) is 0 Å². The van der Waals surface area contributed by atoms with Crippen molar-refractivity contribution in [2.24, 2.45) is 0 Å². The first-order valence-corrected chi connectivity index (χ1v) is 7.36. The maximum atomic E-state index is 10.8. The van der Waals surface area contributed by atoms with Crippen molar-refractivity contribution < 1.29 is 5.11 Å². The topological polar surface area (TPSA) is 20.2 Å². The number of halogens is 1. The lowest BCUT2D eigenvalue weighted by atomic mass is 9.55. The quantitative estimate of drug-likeness (QED) is 0.871. The Morgan fingerprint density at radius 1 is 0.947 bits per heavy atom. The third-order valence-electron chi connectivity index (χ3n) is 4.21. The van der Waals surface area contributed by atoms with Crippen LogP contribution in [0.1, 0.15) is 30.9 Å². The fourth-order valence-electron chi connectivity index (χ4n) is 3.31. The maximum absolute atomic E-state index is 10.8. The number of hydrogen-bond acceptors (Lipinski definition) is 1. The van der Waals surface area contributed by atoms with Crippen LogP contribution in [0.3, 0.4) is 0 Å². The van der Waals surface area contributed by atoms with Crippen LogP contribution in [0.25, 0.3) is 0 Å². The van der Waals surface area contributed by atoms with Crippen molar-refractivity contribution in [3.05, 3.63) is 70.2 Å². The van der Waals surface area contributed by atoms with Crippen LogP contribution in [0.4, 0.5) is 0 Å². The molecule has 0 spiro atoms. The average molecular weight is 317 g/mol. The van der Waals surface area contributed by atoms with E-state index in [1.807, 2.05) is 30.3 Å². The molecule has 1 aliphatic carbocycles. The first-order valence-electron chi connectivity index (χ1n) is 6.56. The van der Waals surface area contributed by atoms with Crippen molar-refractivity contribution in [3.8, 4) is 0 Å². The molecule has 0 radical (unpaired) electrons. The molecule has 1 nitrogen and oxygen atoms in total. The van der Waals surface area contributed by atoms with E-state index in [2.05, 4.69) is 47.1 Å². The van der Waals surface area contributed by atoms with Crippen LogP contribution in [0, 0.1) is 0 Å². The van der Waals surface area contributed by atoms with Gasteiger partial charge in [-0.1, -0.05) is 71.4 Å². The van der Waals surface area contributed by atoms with Crippen molar-refractivity contribution in [3.63, 3.8) is 0 Å². The molecule has 19 heavy (non-hydrogen) atoms. The summed E-state index contributed by atoms with van der Waals surface area (Å²) in [7, 11) is 0. The van der Waals surface area contributed by atoms with E-state index in [0.29, 0.717) is 0 Å². The fraction of sp³-hybridized carbons (Fsp3) is 0.294. The fourth-order valence-corrected chi connectivity index (χ4v) is 3.97. The van der Waals surface area contributed by atoms with Gasteiger partial charge in [-0.2, -0.15) is 0 Å². The van der Waals surface area contributed by atoms with E-state index >= 15 is 0 Å². The van der Waals surface area contributed by atoms with Crippen molar-refractivity contribution in [2.45, 2.75) is 30.8 Å². The van der Waals surface area contributed by atoms with Crippen LogP contribution < -0.4 is 0 Å². The van der Waals surface area contributed by atoms with E-state index in [9.17, 15) is 5.11 Å². The summed E-state index contributed by atoms with van der Waals surface area (Å²) in [6, 6.07) is 18.4. The molecule has 2 aromatic carbocycles. The first-order chi connectivity index (χ1) is 9.04. The van der Waals surface area contributed by atoms with E-state index in [0.717, 1.165) is 22.9 Å². The molecule has 2 aromatic rings. The average Bonchev–Trinajstić information content (AvgIpc) is 2.38. The van der Waals surface area contributed by atoms with Gasteiger partial charge < -0.3 is 5.11 Å². The minimum Gasteiger partial charge on any atom is -0.385 e. The molecular formula is C17H17BrO. The summed E-state index contributed by atoms with van der Waals surface area (Å²) in [4.78, 5) is 0. The number of benzene rings is 2. The monoisotopic (exact) mass is 316 g/mol. The highest BCUT2D eigenvalue weighted by Crippen LogP contribution is 2.56. The summed E-state index contributed by atoms with van der Waals surface area (Å²) in [5.41, 5.74) is 1.69. The molecular weight excluding hydrogens is 300 g/mol. The molecule has 0 aliphatic heterocycles. The third-order valence-corrected chi connectivity index (χ3v) is 4.90.